The van der Waals surface area contributed by atoms with Gasteiger partial charge in [0.05, 0.1) is 45.8 Å². The number of benzene rings is 2. The molecule has 3 aliphatic rings. The van der Waals surface area contributed by atoms with Gasteiger partial charge in [0.2, 0.25) is 23.6 Å². The fraction of sp³-hybridized carbons (Fsp3) is 0.540. The van der Waals surface area contributed by atoms with Crippen LogP contribution in [0.15, 0.2) is 60.1 Å². The molecule has 3 saturated heterocycles. The number of nitrogens with one attached hydrogen (secondary N) is 2. The minimum atomic E-state index is -0.871. The minimum absolute atomic E-state index is 0.0209. The van der Waals surface area contributed by atoms with Crippen LogP contribution in [-0.4, -0.2) is 122 Å². The first kappa shape index (κ1) is 49.3. The summed E-state index contributed by atoms with van der Waals surface area (Å²) in [5.74, 6) is -0.327. The van der Waals surface area contributed by atoms with E-state index in [0.717, 1.165) is 72.3 Å². The number of hydrogen-bond acceptors (Lipinski definition) is 13. The van der Waals surface area contributed by atoms with Crippen molar-refractivity contribution in [3.8, 4) is 27.4 Å². The van der Waals surface area contributed by atoms with Crippen LogP contribution >= 0.6 is 11.3 Å². The number of aryl methyl sites for hydroxylation is 1. The zero-order valence-electron chi connectivity index (χ0n) is 39.3. The lowest BCUT2D eigenvalue weighted by Crippen LogP contribution is -2.58. The van der Waals surface area contributed by atoms with Crippen LogP contribution in [0.25, 0.3) is 21.7 Å². The number of para-hydroxylation sites is 1. The van der Waals surface area contributed by atoms with Crippen LogP contribution in [0.4, 0.5) is 11.5 Å². The molecule has 360 valence electrons. The van der Waals surface area contributed by atoms with Crippen LogP contribution in [0.2, 0.25) is 0 Å². The molecule has 3 aliphatic heterocycles. The number of unbranched alkanes of at least 4 members (excludes halogenated alkanes) is 5. The fourth-order valence-corrected chi connectivity index (χ4v) is 10.2. The molecule has 2 aromatic heterocycles. The second-order valence-corrected chi connectivity index (χ2v) is 20.3. The van der Waals surface area contributed by atoms with Crippen molar-refractivity contribution in [3.63, 3.8) is 0 Å². The Morgan fingerprint density at radius 2 is 1.66 bits per heavy atom. The van der Waals surface area contributed by atoms with Crippen molar-refractivity contribution in [1.82, 2.24) is 35.6 Å². The number of aromatic hydroxyl groups is 1. The number of thiazole rings is 1. The summed E-state index contributed by atoms with van der Waals surface area (Å²) < 4.78 is 6.35. The maximum atomic E-state index is 14.0. The Balaban J connectivity index is 0.790. The Morgan fingerprint density at radius 1 is 0.955 bits per heavy atom. The zero-order valence-corrected chi connectivity index (χ0v) is 40.2. The van der Waals surface area contributed by atoms with Gasteiger partial charge >= 0.3 is 0 Å². The van der Waals surface area contributed by atoms with E-state index < -0.39 is 29.2 Å². The van der Waals surface area contributed by atoms with Crippen LogP contribution in [-0.2, 0) is 30.5 Å². The van der Waals surface area contributed by atoms with Gasteiger partial charge in [-0.15, -0.1) is 21.5 Å². The average molecular weight is 938 g/mol. The number of amides is 4. The van der Waals surface area contributed by atoms with Crippen LogP contribution in [0.5, 0.6) is 5.75 Å². The molecule has 0 saturated carbocycles. The first-order valence-electron chi connectivity index (χ1n) is 23.7. The SMILES string of the molecule is Cc1ncsc1-c1ccc(CNC(=O)[C@@H]2C[C@@H](O)CN2C(=O)[C@@H](NC(=O)CCCCCCCCC(=O)N2CCOC3(CCN(c4cc(-c5ccccc5O)nnc4N)CC3)C2)C(C)(C)C)cc1. The molecule has 6 N–H and O–H groups in total. The molecule has 0 aliphatic carbocycles. The highest BCUT2D eigenvalue weighted by Gasteiger charge is 2.45. The second-order valence-electron chi connectivity index (χ2n) is 19.4. The molecule has 67 heavy (non-hydrogen) atoms. The highest BCUT2D eigenvalue weighted by molar-refractivity contribution is 7.13. The topological polar surface area (TPSA) is 216 Å². The molecule has 5 heterocycles. The van der Waals surface area contributed by atoms with E-state index in [1.807, 2.05) is 74.5 Å². The van der Waals surface area contributed by atoms with Gasteiger partial charge in [0.25, 0.3) is 0 Å². The number of carbonyl (C=O) groups is 4. The summed E-state index contributed by atoms with van der Waals surface area (Å²) in [4.78, 5) is 65.1. The first-order valence-corrected chi connectivity index (χ1v) is 24.6. The van der Waals surface area contributed by atoms with E-state index in [-0.39, 0.29) is 55.3 Å². The number of aromatic nitrogens is 3. The van der Waals surface area contributed by atoms with Crippen LogP contribution in [0, 0.1) is 12.3 Å². The highest BCUT2D eigenvalue weighted by atomic mass is 32.1. The number of ether oxygens (including phenoxy) is 1. The Bertz CT molecular complexity index is 2340. The molecule has 0 bridgehead atoms. The number of aliphatic hydroxyl groups is 1. The third-order valence-corrected chi connectivity index (χ3v) is 14.3. The van der Waals surface area contributed by atoms with Crippen molar-refractivity contribution < 1.29 is 34.1 Å². The Hall–Kier alpha value is -5.65. The van der Waals surface area contributed by atoms with E-state index in [4.69, 9.17) is 10.5 Å². The number of piperidine rings is 1. The number of morpholine rings is 1. The molecule has 4 aromatic rings. The van der Waals surface area contributed by atoms with Gasteiger partial charge in [-0.25, -0.2) is 4.98 Å². The quantitative estimate of drug-likeness (QED) is 0.0772. The monoisotopic (exact) mass is 937 g/mol. The van der Waals surface area contributed by atoms with E-state index in [1.54, 1.807) is 29.5 Å². The predicted octanol–water partition coefficient (Wildman–Crippen LogP) is 5.99. The van der Waals surface area contributed by atoms with Crippen LogP contribution in [0.1, 0.15) is 103 Å². The van der Waals surface area contributed by atoms with Gasteiger partial charge in [-0.3, -0.25) is 19.2 Å². The lowest BCUT2D eigenvalue weighted by Gasteiger charge is -2.47. The number of phenolic OH excluding ortho intramolecular Hbond substituents is 1. The maximum Gasteiger partial charge on any atom is 0.246 e. The largest absolute Gasteiger partial charge is 0.507 e. The van der Waals surface area contributed by atoms with E-state index in [1.165, 1.54) is 4.90 Å². The number of likely N-dealkylation sites (tertiary alicyclic amines) is 1. The highest BCUT2D eigenvalue weighted by Crippen LogP contribution is 2.37. The normalized spacial score (nSPS) is 18.8. The third kappa shape index (κ3) is 12.5. The predicted molar refractivity (Wildman–Crippen MR) is 259 cm³/mol. The van der Waals surface area contributed by atoms with E-state index in [0.29, 0.717) is 62.7 Å². The first-order chi connectivity index (χ1) is 32.1. The number of aliphatic hydroxyl groups excluding tert-OH is 1. The van der Waals surface area contributed by atoms with Gasteiger partial charge in [0.1, 0.15) is 17.8 Å². The van der Waals surface area contributed by atoms with Gasteiger partial charge in [-0.1, -0.05) is 82.9 Å². The van der Waals surface area contributed by atoms with Gasteiger partial charge in [0.15, 0.2) is 5.82 Å². The molecule has 1 spiro atoms. The molecular formula is C50H67N9O7S. The van der Waals surface area contributed by atoms with E-state index in [2.05, 4.69) is 30.7 Å². The fourth-order valence-electron chi connectivity index (χ4n) is 9.42. The molecule has 7 rings (SSSR count). The number of phenols is 1. The number of rotatable bonds is 17. The summed E-state index contributed by atoms with van der Waals surface area (Å²) in [6, 6.07) is 15.1. The summed E-state index contributed by atoms with van der Waals surface area (Å²) in [5, 5.41) is 35.3. The number of anilines is 2. The van der Waals surface area contributed by atoms with Gasteiger partial charge < -0.3 is 46.0 Å². The molecule has 17 heteroatoms. The number of nitrogens with two attached hydrogens (primary N) is 1. The number of nitrogen functional groups attached to an aromatic ring is 1. The van der Waals surface area contributed by atoms with Crippen molar-refractivity contribution in [3.05, 3.63) is 71.4 Å². The summed E-state index contributed by atoms with van der Waals surface area (Å²) in [5.41, 5.74) is 11.9. The molecule has 3 atom stereocenters. The Labute approximate surface area is 397 Å². The second kappa shape index (κ2) is 22.0. The Kier molecular flexibility index (Phi) is 16.2. The van der Waals surface area contributed by atoms with Gasteiger partial charge in [-0.05, 0) is 67.3 Å². The van der Waals surface area contributed by atoms with Crippen molar-refractivity contribution in [2.75, 3.05) is 50.0 Å². The summed E-state index contributed by atoms with van der Waals surface area (Å²) >= 11 is 1.58. The minimum Gasteiger partial charge on any atom is -0.507 e. The van der Waals surface area contributed by atoms with Crippen LogP contribution < -0.4 is 21.3 Å². The van der Waals surface area contributed by atoms with Crippen molar-refractivity contribution in [2.45, 2.75) is 129 Å². The lowest BCUT2D eigenvalue weighted by atomic mass is 9.85. The number of β-amino-alcohol motifs (C(OH)–C–C–N with tert-alkyl or cyclic N) is 1. The van der Waals surface area contributed by atoms with Crippen molar-refractivity contribution >= 4 is 46.5 Å². The molecular weight excluding hydrogens is 871 g/mol. The molecule has 16 nitrogen and oxygen atoms in total. The maximum absolute atomic E-state index is 14.0. The summed E-state index contributed by atoms with van der Waals surface area (Å²) in [6.07, 6.45) is 6.65. The smallest absolute Gasteiger partial charge is 0.246 e. The standard InChI is InChI=1S/C50H67N9O7S/c1-33-44(67-32-53-33)35-19-17-34(18-20-35)29-52-47(64)40-27-36(60)30-59(40)48(65)45(49(2,3)4)54-42(62)15-9-7-5-6-8-10-16-43(63)58-25-26-66-50(31-58)21-23-57(24-22-50)39-28-38(55-56-46(39)51)37-13-11-12-14-41(37)61/h11-14,17-20,28,32,36,40,45,60-61H,5-10,15-16,21-27,29-31H2,1-4H3,(H2,51,56)(H,52,64)(H,54,62)/t36-,40+,45-/m1/s1. The van der Waals surface area contributed by atoms with Gasteiger partial charge in [0, 0.05) is 64.1 Å². The van der Waals surface area contributed by atoms with E-state index in [9.17, 15) is 29.4 Å². The Morgan fingerprint density at radius 3 is 2.34 bits per heavy atom. The third-order valence-electron chi connectivity index (χ3n) is 13.4. The van der Waals surface area contributed by atoms with Crippen molar-refractivity contribution in [2.24, 2.45) is 5.41 Å². The number of carbonyl (C=O) groups excluding carboxylic acids is 4. The summed E-state index contributed by atoms with van der Waals surface area (Å²) in [7, 11) is 0. The average Bonchev–Trinajstić information content (AvgIpc) is 3.93. The van der Waals surface area contributed by atoms with Crippen LogP contribution in [0.3, 0.4) is 0 Å². The molecule has 0 radical (unpaired) electrons. The van der Waals surface area contributed by atoms with Crippen molar-refractivity contribution in [1.29, 1.82) is 0 Å². The number of hydrogen-bond donors (Lipinski definition) is 5. The van der Waals surface area contributed by atoms with Gasteiger partial charge in [-0.2, -0.15) is 0 Å². The zero-order chi connectivity index (χ0) is 47.7. The lowest BCUT2D eigenvalue weighted by molar-refractivity contribution is -0.154. The molecule has 2 aromatic carbocycles. The summed E-state index contributed by atoms with van der Waals surface area (Å²) in [6.45, 7) is 11.0. The molecule has 3 fully saturated rings. The molecule has 0 unspecified atom stereocenters. The van der Waals surface area contributed by atoms with E-state index >= 15 is 0 Å². The molecule has 4 amide bonds. The number of nitrogens with zero attached hydrogens (tertiary/aromatic N) is 6.